The van der Waals surface area contributed by atoms with E-state index in [9.17, 15) is 4.79 Å². The fourth-order valence-corrected chi connectivity index (χ4v) is 2.37. The number of anilines is 1. The number of carboxylic acids is 1. The van der Waals surface area contributed by atoms with Gasteiger partial charge in [0.05, 0.1) is 0 Å². The van der Waals surface area contributed by atoms with Gasteiger partial charge in [-0.15, -0.1) is 0 Å². The van der Waals surface area contributed by atoms with Crippen molar-refractivity contribution in [2.75, 3.05) is 11.9 Å². The van der Waals surface area contributed by atoms with Gasteiger partial charge in [0.2, 0.25) is 0 Å². The number of nitrogens with zero attached hydrogens (tertiary/aromatic N) is 6. The number of imidazole rings is 1. The largest absolute Gasteiger partial charge is 0.476 e. The van der Waals surface area contributed by atoms with E-state index in [1.54, 1.807) is 29.2 Å². The van der Waals surface area contributed by atoms with Crippen LogP contribution in [0.4, 0.5) is 5.82 Å². The molecule has 8 heteroatoms. The minimum absolute atomic E-state index is 0.0118. The molecule has 3 heterocycles. The van der Waals surface area contributed by atoms with Gasteiger partial charge in [-0.25, -0.2) is 24.7 Å². The van der Waals surface area contributed by atoms with E-state index in [0.717, 1.165) is 11.4 Å². The summed E-state index contributed by atoms with van der Waals surface area (Å²) < 4.78 is 1.65. The summed E-state index contributed by atoms with van der Waals surface area (Å²) in [6.07, 6.45) is 8.36. The van der Waals surface area contributed by atoms with E-state index in [2.05, 4.69) is 19.9 Å². The minimum Gasteiger partial charge on any atom is -0.476 e. The van der Waals surface area contributed by atoms with Crippen molar-refractivity contribution in [2.24, 2.45) is 0 Å². The summed E-state index contributed by atoms with van der Waals surface area (Å²) in [6, 6.07) is 0. The van der Waals surface area contributed by atoms with Crippen LogP contribution in [0.15, 0.2) is 31.0 Å². The number of fused-ring (bicyclic) bond motifs is 1. The molecule has 3 aromatic rings. The quantitative estimate of drug-likeness (QED) is 0.765. The van der Waals surface area contributed by atoms with Crippen LogP contribution < -0.4 is 4.90 Å². The molecule has 0 amide bonds. The van der Waals surface area contributed by atoms with Crippen LogP contribution in [0.1, 0.15) is 41.6 Å². The molecule has 1 N–H and O–H groups in total. The molecule has 0 saturated carbocycles. The average molecular weight is 326 g/mol. The lowest BCUT2D eigenvalue weighted by atomic mass is 10.2. The molecule has 0 aliphatic carbocycles. The predicted molar refractivity (Wildman–Crippen MR) is 88.2 cm³/mol. The molecule has 0 aliphatic heterocycles. The molecular formula is C16H18N6O2. The topological polar surface area (TPSA) is 96.5 Å². The second kappa shape index (κ2) is 6.23. The number of hydrogen-bond acceptors (Lipinski definition) is 6. The Morgan fingerprint density at radius 1 is 1.29 bits per heavy atom. The van der Waals surface area contributed by atoms with Crippen molar-refractivity contribution in [3.8, 4) is 0 Å². The summed E-state index contributed by atoms with van der Waals surface area (Å²) in [7, 11) is 1.87. The molecule has 0 aliphatic rings. The van der Waals surface area contributed by atoms with Crippen LogP contribution in [-0.2, 0) is 6.54 Å². The van der Waals surface area contributed by atoms with Gasteiger partial charge in [0.15, 0.2) is 17.2 Å². The fraction of sp³-hybridized carbons (Fsp3) is 0.312. The number of aromatic carboxylic acids is 1. The van der Waals surface area contributed by atoms with Gasteiger partial charge in [-0.05, 0) is 0 Å². The molecule has 3 rings (SSSR count). The Morgan fingerprint density at radius 2 is 2.00 bits per heavy atom. The number of hydrogen-bond donors (Lipinski definition) is 1. The molecule has 24 heavy (non-hydrogen) atoms. The first-order valence-corrected chi connectivity index (χ1v) is 7.54. The SMILES string of the molecule is CC(C)c1ncc(CN(C)c2nccn3cc(C(=O)O)nc23)cn1. The van der Waals surface area contributed by atoms with Gasteiger partial charge in [0, 0.05) is 56.1 Å². The highest BCUT2D eigenvalue weighted by molar-refractivity contribution is 5.87. The maximum Gasteiger partial charge on any atom is 0.356 e. The Morgan fingerprint density at radius 3 is 2.62 bits per heavy atom. The number of aromatic nitrogens is 5. The lowest BCUT2D eigenvalue weighted by molar-refractivity contribution is 0.0691. The van der Waals surface area contributed by atoms with Crippen LogP contribution in [0.3, 0.4) is 0 Å². The molecule has 0 unspecified atom stereocenters. The van der Waals surface area contributed by atoms with E-state index in [0.29, 0.717) is 18.0 Å². The first-order valence-electron chi connectivity index (χ1n) is 7.54. The Balaban J connectivity index is 1.88. The van der Waals surface area contributed by atoms with E-state index in [1.807, 2.05) is 25.8 Å². The average Bonchev–Trinajstić information content (AvgIpc) is 2.99. The molecule has 0 atom stereocenters. The zero-order valence-electron chi connectivity index (χ0n) is 13.7. The van der Waals surface area contributed by atoms with E-state index < -0.39 is 5.97 Å². The van der Waals surface area contributed by atoms with Gasteiger partial charge in [0.1, 0.15) is 5.82 Å². The van der Waals surface area contributed by atoms with Crippen molar-refractivity contribution < 1.29 is 9.90 Å². The molecule has 0 aromatic carbocycles. The Hall–Kier alpha value is -3.03. The van der Waals surface area contributed by atoms with Gasteiger partial charge < -0.3 is 14.4 Å². The molecule has 0 bridgehead atoms. The van der Waals surface area contributed by atoms with Gasteiger partial charge in [-0.2, -0.15) is 0 Å². The monoisotopic (exact) mass is 326 g/mol. The van der Waals surface area contributed by atoms with Crippen LogP contribution >= 0.6 is 0 Å². The summed E-state index contributed by atoms with van der Waals surface area (Å²) in [5.74, 6) is 0.621. The van der Waals surface area contributed by atoms with E-state index >= 15 is 0 Å². The number of carboxylic acid groups (broad SMARTS) is 1. The normalized spacial score (nSPS) is 11.2. The molecule has 0 radical (unpaired) electrons. The van der Waals surface area contributed by atoms with Crippen molar-refractivity contribution in [1.29, 1.82) is 0 Å². The second-order valence-corrected chi connectivity index (χ2v) is 5.87. The third-order valence-electron chi connectivity index (χ3n) is 3.60. The van der Waals surface area contributed by atoms with E-state index in [1.165, 1.54) is 6.20 Å². The summed E-state index contributed by atoms with van der Waals surface area (Å²) >= 11 is 0. The Kier molecular flexibility index (Phi) is 4.11. The fourth-order valence-electron chi connectivity index (χ4n) is 2.37. The van der Waals surface area contributed by atoms with Crippen LogP contribution in [0.5, 0.6) is 0 Å². The summed E-state index contributed by atoms with van der Waals surface area (Å²) in [6.45, 7) is 4.63. The summed E-state index contributed by atoms with van der Waals surface area (Å²) in [5, 5.41) is 9.09. The summed E-state index contributed by atoms with van der Waals surface area (Å²) in [4.78, 5) is 30.2. The van der Waals surface area contributed by atoms with Crippen molar-refractivity contribution >= 4 is 17.4 Å². The molecule has 0 saturated heterocycles. The standard InChI is InChI=1S/C16H18N6O2/c1-10(2)13-18-6-11(7-19-13)8-21(3)14-15-20-12(16(23)24)9-22(15)5-4-17-14/h4-7,9-10H,8H2,1-3H3,(H,23,24). The lowest BCUT2D eigenvalue weighted by Gasteiger charge is -2.18. The highest BCUT2D eigenvalue weighted by Crippen LogP contribution is 2.19. The second-order valence-electron chi connectivity index (χ2n) is 5.87. The highest BCUT2D eigenvalue weighted by Gasteiger charge is 2.15. The van der Waals surface area contributed by atoms with Crippen LogP contribution in [-0.4, -0.2) is 42.5 Å². The third kappa shape index (κ3) is 3.03. The van der Waals surface area contributed by atoms with Crippen LogP contribution in [0, 0.1) is 0 Å². The molecular weight excluding hydrogens is 308 g/mol. The van der Waals surface area contributed by atoms with Gasteiger partial charge in [-0.3, -0.25) is 0 Å². The minimum atomic E-state index is -1.06. The van der Waals surface area contributed by atoms with E-state index in [4.69, 9.17) is 5.11 Å². The first-order chi connectivity index (χ1) is 11.5. The zero-order chi connectivity index (χ0) is 17.3. The molecule has 124 valence electrons. The van der Waals surface area contributed by atoms with Crippen molar-refractivity contribution in [2.45, 2.75) is 26.3 Å². The zero-order valence-corrected chi connectivity index (χ0v) is 13.7. The molecule has 0 fully saturated rings. The van der Waals surface area contributed by atoms with Crippen molar-refractivity contribution in [3.05, 3.63) is 48.1 Å². The van der Waals surface area contributed by atoms with Crippen LogP contribution in [0.2, 0.25) is 0 Å². The van der Waals surface area contributed by atoms with Gasteiger partial charge in [-0.1, -0.05) is 13.8 Å². The van der Waals surface area contributed by atoms with E-state index in [-0.39, 0.29) is 11.6 Å². The van der Waals surface area contributed by atoms with Crippen LogP contribution in [0.25, 0.3) is 5.65 Å². The number of rotatable bonds is 5. The Bertz CT molecular complexity index is 872. The lowest BCUT2D eigenvalue weighted by Crippen LogP contribution is -2.19. The molecule has 8 nitrogen and oxygen atoms in total. The Labute approximate surface area is 138 Å². The maximum atomic E-state index is 11.1. The van der Waals surface area contributed by atoms with Crippen molar-refractivity contribution in [3.63, 3.8) is 0 Å². The smallest absolute Gasteiger partial charge is 0.356 e. The van der Waals surface area contributed by atoms with Gasteiger partial charge >= 0.3 is 5.97 Å². The first kappa shape index (κ1) is 15.9. The van der Waals surface area contributed by atoms with Crippen molar-refractivity contribution in [1.82, 2.24) is 24.3 Å². The molecule has 3 aromatic heterocycles. The summed E-state index contributed by atoms with van der Waals surface area (Å²) in [5.41, 5.74) is 1.43. The number of carbonyl (C=O) groups is 1. The highest BCUT2D eigenvalue weighted by atomic mass is 16.4. The predicted octanol–water partition coefficient (Wildman–Crippen LogP) is 1.98. The maximum absolute atomic E-state index is 11.1. The molecule has 0 spiro atoms. The van der Waals surface area contributed by atoms with Gasteiger partial charge in [0.25, 0.3) is 0 Å². The third-order valence-corrected chi connectivity index (χ3v) is 3.60.